The van der Waals surface area contributed by atoms with Gasteiger partial charge in [-0.2, -0.15) is 0 Å². The fourth-order valence-electron chi connectivity index (χ4n) is 2.16. The van der Waals surface area contributed by atoms with Gasteiger partial charge in [0, 0.05) is 6.92 Å². The van der Waals surface area contributed by atoms with Crippen molar-refractivity contribution >= 4 is 17.2 Å². The van der Waals surface area contributed by atoms with E-state index in [1.165, 1.54) is 9.78 Å². The molecule has 17 heavy (non-hydrogen) atoms. The average molecular weight is 255 g/mol. The van der Waals surface area contributed by atoms with Crippen molar-refractivity contribution in [2.75, 3.05) is 32.8 Å². The minimum absolute atomic E-state index is 0.0409. The molecule has 2 N–H and O–H groups in total. The van der Waals surface area contributed by atoms with Gasteiger partial charge in [0.1, 0.15) is 19.1 Å². The number of carbonyl (C=O) groups is 1. The lowest BCUT2D eigenvalue weighted by atomic mass is 10.2. The number of quaternary nitrogens is 1. The molecule has 2 rings (SSSR count). The maximum Gasteiger partial charge on any atom is 0.217 e. The largest absolute Gasteiger partial charge is 0.370 e. The highest BCUT2D eigenvalue weighted by atomic mass is 32.1. The Hall–Kier alpha value is -0.910. The van der Waals surface area contributed by atoms with E-state index in [1.807, 2.05) is 0 Å². The molecule has 1 fully saturated rings. The third-order valence-corrected chi connectivity index (χ3v) is 4.06. The lowest BCUT2D eigenvalue weighted by molar-refractivity contribution is -0.937. The molecule has 1 saturated heterocycles. The minimum atomic E-state index is 0.0409. The van der Waals surface area contributed by atoms with E-state index in [2.05, 4.69) is 22.8 Å². The van der Waals surface area contributed by atoms with Crippen molar-refractivity contribution in [1.29, 1.82) is 0 Å². The van der Waals surface area contributed by atoms with Gasteiger partial charge in [0.2, 0.25) is 5.91 Å². The standard InChI is InChI=1S/C12H18N2O2S/c1-10(15)13-9-11(12-3-2-8-17-12)14-4-6-16-7-5-14/h2-3,8,11H,4-7,9H2,1H3,(H,13,15)/p+1/t11-/m1/s1. The van der Waals surface area contributed by atoms with E-state index in [9.17, 15) is 4.79 Å². The lowest BCUT2D eigenvalue weighted by Gasteiger charge is -2.31. The molecule has 0 radical (unpaired) electrons. The van der Waals surface area contributed by atoms with Gasteiger partial charge in [0.05, 0.1) is 24.6 Å². The molecule has 1 atom stereocenters. The number of amides is 1. The topological polar surface area (TPSA) is 42.8 Å². The Morgan fingerprint density at radius 3 is 2.94 bits per heavy atom. The predicted octanol–water partition coefficient (Wildman–Crippen LogP) is -0.160. The van der Waals surface area contributed by atoms with Crippen LogP contribution in [-0.2, 0) is 9.53 Å². The van der Waals surface area contributed by atoms with Crippen molar-refractivity contribution in [1.82, 2.24) is 5.32 Å². The van der Waals surface area contributed by atoms with Crippen LogP contribution in [0.2, 0.25) is 0 Å². The van der Waals surface area contributed by atoms with Crippen LogP contribution < -0.4 is 10.2 Å². The van der Waals surface area contributed by atoms with Crippen LogP contribution in [-0.4, -0.2) is 38.8 Å². The van der Waals surface area contributed by atoms with E-state index in [0.717, 1.165) is 26.3 Å². The Kier molecular flexibility index (Phi) is 4.53. The van der Waals surface area contributed by atoms with Crippen LogP contribution in [0.15, 0.2) is 17.5 Å². The van der Waals surface area contributed by atoms with Crippen molar-refractivity contribution in [3.63, 3.8) is 0 Å². The third kappa shape index (κ3) is 3.52. The zero-order valence-electron chi connectivity index (χ0n) is 10.1. The van der Waals surface area contributed by atoms with E-state index in [4.69, 9.17) is 4.74 Å². The molecule has 1 amide bonds. The Bertz CT molecular complexity index is 347. The molecule has 4 nitrogen and oxygen atoms in total. The van der Waals surface area contributed by atoms with Crippen LogP contribution >= 0.6 is 11.3 Å². The SMILES string of the molecule is CC(=O)NC[C@H](c1cccs1)[NH+]1CCOCC1. The molecule has 0 unspecified atom stereocenters. The second kappa shape index (κ2) is 6.14. The second-order valence-electron chi connectivity index (χ2n) is 4.28. The van der Waals surface area contributed by atoms with E-state index in [1.54, 1.807) is 18.3 Å². The number of hydrogen-bond donors (Lipinski definition) is 2. The molecule has 0 bridgehead atoms. The number of nitrogens with one attached hydrogen (secondary N) is 2. The summed E-state index contributed by atoms with van der Waals surface area (Å²) in [5, 5.41) is 5.03. The van der Waals surface area contributed by atoms with Gasteiger partial charge in [-0.15, -0.1) is 11.3 Å². The monoisotopic (exact) mass is 255 g/mol. The molecule has 1 aromatic heterocycles. The van der Waals surface area contributed by atoms with Gasteiger partial charge in [-0.3, -0.25) is 4.79 Å². The first-order chi connectivity index (χ1) is 8.27. The number of rotatable bonds is 4. The third-order valence-electron chi connectivity index (χ3n) is 3.07. The molecular formula is C12H19N2O2S+. The van der Waals surface area contributed by atoms with Crippen LogP contribution in [0.3, 0.4) is 0 Å². The zero-order valence-corrected chi connectivity index (χ0v) is 10.9. The molecule has 5 heteroatoms. The first-order valence-corrected chi connectivity index (χ1v) is 6.85. The summed E-state index contributed by atoms with van der Waals surface area (Å²) in [5.74, 6) is 0.0409. The molecule has 0 saturated carbocycles. The van der Waals surface area contributed by atoms with Gasteiger partial charge < -0.3 is 15.0 Å². The van der Waals surface area contributed by atoms with Crippen LogP contribution in [0.5, 0.6) is 0 Å². The Balaban J connectivity index is 2.03. The highest BCUT2D eigenvalue weighted by Crippen LogP contribution is 2.16. The van der Waals surface area contributed by atoms with Crippen LogP contribution in [0.4, 0.5) is 0 Å². The summed E-state index contributed by atoms with van der Waals surface area (Å²) in [6.07, 6.45) is 0. The maximum absolute atomic E-state index is 11.1. The van der Waals surface area contributed by atoms with Crippen molar-refractivity contribution in [3.8, 4) is 0 Å². The summed E-state index contributed by atoms with van der Waals surface area (Å²) in [6.45, 7) is 5.95. The quantitative estimate of drug-likeness (QED) is 0.785. The predicted molar refractivity (Wildman–Crippen MR) is 67.3 cm³/mol. The molecule has 0 aliphatic carbocycles. The molecule has 2 heterocycles. The maximum atomic E-state index is 11.1. The van der Waals surface area contributed by atoms with Crippen molar-refractivity contribution in [2.24, 2.45) is 0 Å². The second-order valence-corrected chi connectivity index (χ2v) is 5.25. The molecule has 1 aromatic rings. The van der Waals surface area contributed by atoms with Gasteiger partial charge in [0.25, 0.3) is 0 Å². The Morgan fingerprint density at radius 1 is 1.59 bits per heavy atom. The number of morpholine rings is 1. The summed E-state index contributed by atoms with van der Waals surface area (Å²) in [5.41, 5.74) is 0. The Morgan fingerprint density at radius 2 is 2.35 bits per heavy atom. The highest BCUT2D eigenvalue weighted by molar-refractivity contribution is 7.10. The van der Waals surface area contributed by atoms with Gasteiger partial charge >= 0.3 is 0 Å². The average Bonchev–Trinajstić information content (AvgIpc) is 2.84. The zero-order chi connectivity index (χ0) is 12.1. The van der Waals surface area contributed by atoms with Crippen molar-refractivity contribution < 1.29 is 14.4 Å². The Labute approximate surface area is 106 Å². The fraction of sp³-hybridized carbons (Fsp3) is 0.583. The number of hydrogen-bond acceptors (Lipinski definition) is 3. The number of ether oxygens (including phenoxy) is 1. The smallest absolute Gasteiger partial charge is 0.217 e. The van der Waals surface area contributed by atoms with Crippen molar-refractivity contribution in [2.45, 2.75) is 13.0 Å². The first kappa shape index (κ1) is 12.5. The molecule has 0 aromatic carbocycles. The highest BCUT2D eigenvalue weighted by Gasteiger charge is 2.27. The van der Waals surface area contributed by atoms with E-state index < -0.39 is 0 Å². The molecule has 94 valence electrons. The van der Waals surface area contributed by atoms with Gasteiger partial charge in [-0.25, -0.2) is 0 Å². The number of thiophene rings is 1. The van der Waals surface area contributed by atoms with E-state index in [-0.39, 0.29) is 5.91 Å². The van der Waals surface area contributed by atoms with Crippen LogP contribution in [0, 0.1) is 0 Å². The molecular weight excluding hydrogens is 236 g/mol. The molecule has 0 spiro atoms. The van der Waals surface area contributed by atoms with E-state index in [0.29, 0.717) is 12.6 Å². The summed E-state index contributed by atoms with van der Waals surface area (Å²) < 4.78 is 5.39. The molecule has 1 aliphatic heterocycles. The summed E-state index contributed by atoms with van der Waals surface area (Å²) in [4.78, 5) is 13.9. The first-order valence-electron chi connectivity index (χ1n) is 5.97. The van der Waals surface area contributed by atoms with Crippen LogP contribution in [0.25, 0.3) is 0 Å². The van der Waals surface area contributed by atoms with Crippen molar-refractivity contribution in [3.05, 3.63) is 22.4 Å². The minimum Gasteiger partial charge on any atom is -0.370 e. The normalized spacial score (nSPS) is 18.9. The van der Waals surface area contributed by atoms with Gasteiger partial charge in [-0.05, 0) is 11.4 Å². The summed E-state index contributed by atoms with van der Waals surface area (Å²) in [6, 6.07) is 4.59. The molecule has 1 aliphatic rings. The lowest BCUT2D eigenvalue weighted by Crippen LogP contribution is -3.15. The van der Waals surface area contributed by atoms with Crippen LogP contribution in [0.1, 0.15) is 17.8 Å². The summed E-state index contributed by atoms with van der Waals surface area (Å²) in [7, 11) is 0. The number of carbonyl (C=O) groups excluding carboxylic acids is 1. The van der Waals surface area contributed by atoms with Gasteiger partial charge in [-0.1, -0.05) is 6.07 Å². The summed E-state index contributed by atoms with van der Waals surface area (Å²) >= 11 is 1.76. The van der Waals surface area contributed by atoms with E-state index >= 15 is 0 Å². The van der Waals surface area contributed by atoms with Gasteiger partial charge in [0.15, 0.2) is 0 Å². The fourth-order valence-corrected chi connectivity index (χ4v) is 3.05.